The highest BCUT2D eigenvalue weighted by Gasteiger charge is 2.34. The molecular formula is C17H23N7O. The molecule has 3 heterocycles. The van der Waals surface area contributed by atoms with Gasteiger partial charge in [0.05, 0.1) is 12.1 Å². The average molecular weight is 341 g/mol. The highest BCUT2D eigenvalue weighted by molar-refractivity contribution is 5.92. The largest absolute Gasteiger partial charge is 0.347 e. The molecule has 8 nitrogen and oxygen atoms in total. The van der Waals surface area contributed by atoms with E-state index in [1.807, 2.05) is 23.7 Å². The number of amides is 1. The summed E-state index contributed by atoms with van der Waals surface area (Å²) in [5.41, 5.74) is 1.32. The Morgan fingerprint density at radius 2 is 2.16 bits per heavy atom. The van der Waals surface area contributed by atoms with E-state index in [4.69, 9.17) is 0 Å². The van der Waals surface area contributed by atoms with E-state index in [-0.39, 0.29) is 18.0 Å². The van der Waals surface area contributed by atoms with Crippen molar-refractivity contribution in [2.24, 2.45) is 0 Å². The number of pyridine rings is 1. The molecule has 1 saturated carbocycles. The van der Waals surface area contributed by atoms with E-state index in [0.29, 0.717) is 11.7 Å². The van der Waals surface area contributed by atoms with Crippen molar-refractivity contribution in [3.05, 3.63) is 35.4 Å². The second kappa shape index (κ2) is 6.51. The van der Waals surface area contributed by atoms with E-state index < -0.39 is 0 Å². The minimum absolute atomic E-state index is 0.106. The van der Waals surface area contributed by atoms with E-state index in [0.717, 1.165) is 43.9 Å². The normalized spacial score (nSPS) is 22.1. The van der Waals surface area contributed by atoms with Gasteiger partial charge >= 0.3 is 0 Å². The van der Waals surface area contributed by atoms with Crippen LogP contribution in [-0.2, 0) is 0 Å². The van der Waals surface area contributed by atoms with Gasteiger partial charge in [-0.1, -0.05) is 6.07 Å². The molecule has 2 aromatic rings. The maximum atomic E-state index is 12.4. The average Bonchev–Trinajstić information content (AvgIpc) is 3.15. The van der Waals surface area contributed by atoms with Crippen molar-refractivity contribution in [3.8, 4) is 0 Å². The fourth-order valence-corrected chi connectivity index (χ4v) is 3.40. The molecule has 2 fully saturated rings. The predicted octanol–water partition coefficient (Wildman–Crippen LogP) is 1.28. The molecule has 25 heavy (non-hydrogen) atoms. The van der Waals surface area contributed by atoms with E-state index >= 15 is 0 Å². The van der Waals surface area contributed by atoms with Crippen LogP contribution in [0.4, 0.5) is 0 Å². The van der Waals surface area contributed by atoms with Crippen LogP contribution in [0.1, 0.15) is 60.3 Å². The van der Waals surface area contributed by atoms with Crippen LogP contribution in [-0.4, -0.2) is 55.1 Å². The van der Waals surface area contributed by atoms with Crippen molar-refractivity contribution in [1.82, 2.24) is 35.4 Å². The van der Waals surface area contributed by atoms with Gasteiger partial charge in [0, 0.05) is 24.8 Å². The van der Waals surface area contributed by atoms with Gasteiger partial charge in [0.15, 0.2) is 5.82 Å². The Balaban J connectivity index is 1.38. The predicted molar refractivity (Wildman–Crippen MR) is 90.9 cm³/mol. The number of nitrogens with zero attached hydrogens (tertiary/aromatic N) is 6. The van der Waals surface area contributed by atoms with Crippen molar-refractivity contribution in [2.75, 3.05) is 13.1 Å². The number of rotatable bonds is 5. The standard InChI is InChI=1S/C17H23N7O/c1-11-4-3-5-15(18-11)17(25)19-13-8-9-23(10-13)12(2)16-20-21-22-24(16)14-6-7-14/h3-5,12-14H,6-10H2,1-2H3,(H,19,25)/t12?,13-/m0/s1. The maximum Gasteiger partial charge on any atom is 0.270 e. The first-order valence-electron chi connectivity index (χ1n) is 8.88. The number of aromatic nitrogens is 5. The summed E-state index contributed by atoms with van der Waals surface area (Å²) in [5.74, 6) is 0.820. The minimum atomic E-state index is -0.106. The summed E-state index contributed by atoms with van der Waals surface area (Å²) in [6, 6.07) is 6.24. The number of carbonyl (C=O) groups excluding carboxylic acids is 1. The van der Waals surface area contributed by atoms with Crippen molar-refractivity contribution < 1.29 is 4.79 Å². The zero-order valence-electron chi connectivity index (χ0n) is 14.6. The first-order valence-corrected chi connectivity index (χ1v) is 8.88. The summed E-state index contributed by atoms with van der Waals surface area (Å²) >= 11 is 0. The number of aryl methyl sites for hydroxylation is 1. The second-order valence-corrected chi connectivity index (χ2v) is 7.01. The SMILES string of the molecule is Cc1cccc(C(=O)N[C@H]2CCN(C(C)c3nnnn3C3CC3)C2)n1. The van der Waals surface area contributed by atoms with Crippen LogP contribution in [0.15, 0.2) is 18.2 Å². The minimum Gasteiger partial charge on any atom is -0.347 e. The van der Waals surface area contributed by atoms with Crippen LogP contribution >= 0.6 is 0 Å². The zero-order valence-corrected chi connectivity index (χ0v) is 14.6. The van der Waals surface area contributed by atoms with Crippen LogP contribution in [0.25, 0.3) is 0 Å². The third kappa shape index (κ3) is 3.39. The molecule has 1 N–H and O–H groups in total. The number of hydrogen-bond acceptors (Lipinski definition) is 6. The van der Waals surface area contributed by atoms with E-state index in [1.165, 1.54) is 0 Å². The summed E-state index contributed by atoms with van der Waals surface area (Å²) in [6.07, 6.45) is 3.24. The molecule has 2 aliphatic rings. The molecule has 1 aliphatic carbocycles. The Bertz CT molecular complexity index is 770. The molecule has 0 radical (unpaired) electrons. The molecule has 132 valence electrons. The van der Waals surface area contributed by atoms with Gasteiger partial charge < -0.3 is 5.32 Å². The van der Waals surface area contributed by atoms with Crippen LogP contribution < -0.4 is 5.32 Å². The van der Waals surface area contributed by atoms with Crippen molar-refractivity contribution >= 4 is 5.91 Å². The molecule has 1 saturated heterocycles. The lowest BCUT2D eigenvalue weighted by molar-refractivity contribution is 0.0931. The van der Waals surface area contributed by atoms with Gasteiger partial charge in [-0.3, -0.25) is 9.69 Å². The molecule has 1 aliphatic heterocycles. The summed E-state index contributed by atoms with van der Waals surface area (Å²) in [7, 11) is 0. The molecule has 2 atom stereocenters. The number of nitrogens with one attached hydrogen (secondary N) is 1. The third-order valence-electron chi connectivity index (χ3n) is 5.01. The molecule has 1 unspecified atom stereocenters. The molecule has 0 bridgehead atoms. The Kier molecular flexibility index (Phi) is 4.20. The number of likely N-dealkylation sites (tertiary alicyclic amines) is 1. The van der Waals surface area contributed by atoms with Crippen molar-refractivity contribution in [2.45, 2.75) is 51.2 Å². The fourth-order valence-electron chi connectivity index (χ4n) is 3.40. The Labute approximate surface area is 146 Å². The quantitative estimate of drug-likeness (QED) is 0.881. The highest BCUT2D eigenvalue weighted by Crippen LogP contribution is 2.36. The van der Waals surface area contributed by atoms with E-state index in [1.54, 1.807) is 6.07 Å². The topological polar surface area (TPSA) is 88.8 Å². The molecule has 0 spiro atoms. The number of carbonyl (C=O) groups is 1. The van der Waals surface area contributed by atoms with Gasteiger partial charge in [-0.25, -0.2) is 9.67 Å². The zero-order chi connectivity index (χ0) is 17.4. The third-order valence-corrected chi connectivity index (χ3v) is 5.01. The number of hydrogen-bond donors (Lipinski definition) is 1. The van der Waals surface area contributed by atoms with Gasteiger partial charge in [0.25, 0.3) is 5.91 Å². The van der Waals surface area contributed by atoms with E-state index in [9.17, 15) is 4.79 Å². The van der Waals surface area contributed by atoms with Crippen LogP contribution in [0.3, 0.4) is 0 Å². The first kappa shape index (κ1) is 16.1. The summed E-state index contributed by atoms with van der Waals surface area (Å²) in [6.45, 7) is 5.75. The Hall–Kier alpha value is -2.35. The van der Waals surface area contributed by atoms with Crippen LogP contribution in [0.5, 0.6) is 0 Å². The lowest BCUT2D eigenvalue weighted by Gasteiger charge is -2.23. The fraction of sp³-hybridized carbons (Fsp3) is 0.588. The monoisotopic (exact) mass is 341 g/mol. The molecule has 8 heteroatoms. The van der Waals surface area contributed by atoms with Crippen LogP contribution in [0.2, 0.25) is 0 Å². The molecule has 0 aromatic carbocycles. The van der Waals surface area contributed by atoms with Gasteiger partial charge in [-0.05, 0) is 55.7 Å². The lowest BCUT2D eigenvalue weighted by atomic mass is 10.2. The van der Waals surface area contributed by atoms with Gasteiger partial charge in [-0.2, -0.15) is 0 Å². The smallest absolute Gasteiger partial charge is 0.270 e. The highest BCUT2D eigenvalue weighted by atomic mass is 16.2. The summed E-state index contributed by atoms with van der Waals surface area (Å²) in [4.78, 5) is 19.0. The Morgan fingerprint density at radius 3 is 2.92 bits per heavy atom. The van der Waals surface area contributed by atoms with Gasteiger partial charge in [0.2, 0.25) is 0 Å². The summed E-state index contributed by atoms with van der Waals surface area (Å²) in [5, 5.41) is 15.3. The van der Waals surface area contributed by atoms with Crippen molar-refractivity contribution in [3.63, 3.8) is 0 Å². The Morgan fingerprint density at radius 1 is 1.32 bits per heavy atom. The van der Waals surface area contributed by atoms with Crippen LogP contribution in [0, 0.1) is 6.92 Å². The first-order chi connectivity index (χ1) is 12.1. The molecular weight excluding hydrogens is 318 g/mol. The van der Waals surface area contributed by atoms with E-state index in [2.05, 4.69) is 37.6 Å². The molecule has 1 amide bonds. The number of tetrazole rings is 1. The second-order valence-electron chi connectivity index (χ2n) is 7.01. The van der Waals surface area contributed by atoms with Crippen molar-refractivity contribution in [1.29, 1.82) is 0 Å². The lowest BCUT2D eigenvalue weighted by Crippen LogP contribution is -2.38. The van der Waals surface area contributed by atoms with Gasteiger partial charge in [-0.15, -0.1) is 5.10 Å². The maximum absolute atomic E-state index is 12.4. The van der Waals surface area contributed by atoms with Gasteiger partial charge in [0.1, 0.15) is 5.69 Å². The summed E-state index contributed by atoms with van der Waals surface area (Å²) < 4.78 is 1.97. The molecule has 4 rings (SSSR count). The molecule has 2 aromatic heterocycles.